The summed E-state index contributed by atoms with van der Waals surface area (Å²) < 4.78 is 33.1. The third kappa shape index (κ3) is 11.1. The summed E-state index contributed by atoms with van der Waals surface area (Å²) in [7, 11) is 4.72. The Balaban J connectivity index is 0.000000164. The van der Waals surface area contributed by atoms with E-state index in [0.29, 0.717) is 67.7 Å². The highest BCUT2D eigenvalue weighted by atomic mass is 16.5. The van der Waals surface area contributed by atoms with Crippen LogP contribution >= 0.6 is 0 Å². The molecule has 4 aliphatic heterocycles. The maximum atomic E-state index is 13.9. The Morgan fingerprint density at radius 2 is 0.955 bits per heavy atom. The molecule has 2 saturated carbocycles. The van der Waals surface area contributed by atoms with Crippen molar-refractivity contribution in [2.75, 3.05) is 34.5 Å². The fourth-order valence-corrected chi connectivity index (χ4v) is 14.4. The molecule has 0 spiro atoms. The Bertz CT molecular complexity index is 4250. The lowest BCUT2D eigenvalue weighted by molar-refractivity contribution is 0.0599. The number of aromatic carboxylic acids is 1. The number of carbonyl (C=O) groups is 4. The van der Waals surface area contributed by atoms with Crippen molar-refractivity contribution in [1.29, 1.82) is 0 Å². The third-order valence-electron chi connectivity index (χ3n) is 19.1. The molecule has 0 bridgehead atoms. The number of amides is 2. The number of carbonyl (C=O) groups excluding carboxylic acids is 3. The second-order valence-corrected chi connectivity index (χ2v) is 25.5. The molecular formula is C73H76N6O10. The van der Waals surface area contributed by atoms with Crippen LogP contribution in [0, 0.1) is 0 Å². The van der Waals surface area contributed by atoms with Crippen LogP contribution in [0.15, 0.2) is 119 Å². The van der Waals surface area contributed by atoms with E-state index < -0.39 is 17.0 Å². The number of rotatable bonds is 12. The second-order valence-electron chi connectivity index (χ2n) is 25.5. The van der Waals surface area contributed by atoms with Crippen molar-refractivity contribution in [2.24, 2.45) is 9.98 Å². The molecule has 0 radical (unpaired) electrons. The van der Waals surface area contributed by atoms with Gasteiger partial charge in [0.15, 0.2) is 0 Å². The van der Waals surface area contributed by atoms with Gasteiger partial charge in [0.05, 0.1) is 79.4 Å². The van der Waals surface area contributed by atoms with Crippen LogP contribution in [-0.2, 0) is 30.7 Å². The van der Waals surface area contributed by atoms with E-state index in [2.05, 4.69) is 44.0 Å². The molecule has 16 heteroatoms. The molecule has 16 nitrogen and oxygen atoms in total. The molecule has 6 heterocycles. The zero-order valence-corrected chi connectivity index (χ0v) is 51.8. The lowest BCUT2D eigenvalue weighted by atomic mass is 9.81. The molecule has 458 valence electrons. The van der Waals surface area contributed by atoms with Crippen LogP contribution in [0.3, 0.4) is 0 Å². The van der Waals surface area contributed by atoms with Crippen molar-refractivity contribution in [3.05, 3.63) is 154 Å². The number of carboxylic acids is 1. The molecule has 2 aliphatic carbocycles. The summed E-state index contributed by atoms with van der Waals surface area (Å²) in [6.45, 7) is 10.3. The number of nitrogens with zero attached hydrogens (tertiary/aromatic N) is 4. The SMILES string of the molecule is COC(=O)c1ccc2c(c1)CC(C(C)(C)NC(=O)c1ccc3c(C4CCCCC4)c4n(c3c1)CCOc1cc(OC)ccc1-4)=N2.COc1ccc2c(c1)OCCn1c-2c(C2CCCCC2)c2ccc(C(=O)NC(C)(C)C3=Nc4ccc(C(=O)O)cc4C3)cc21. The van der Waals surface area contributed by atoms with E-state index in [1.807, 2.05) is 88.4 Å². The van der Waals surface area contributed by atoms with Crippen LogP contribution in [0.2, 0.25) is 0 Å². The third-order valence-corrected chi connectivity index (χ3v) is 19.1. The summed E-state index contributed by atoms with van der Waals surface area (Å²) >= 11 is 0. The van der Waals surface area contributed by atoms with Crippen molar-refractivity contribution < 1.29 is 48.0 Å². The minimum Gasteiger partial charge on any atom is -0.497 e. The Morgan fingerprint density at radius 3 is 1.38 bits per heavy atom. The fraction of sp³-hybridized carbons (Fsp3) is 0.370. The summed E-state index contributed by atoms with van der Waals surface area (Å²) in [6.07, 6.45) is 13.2. The van der Waals surface area contributed by atoms with Crippen molar-refractivity contribution in [1.82, 2.24) is 19.8 Å². The number of aromatic nitrogens is 2. The topological polar surface area (TPSA) is 193 Å². The van der Waals surface area contributed by atoms with Gasteiger partial charge in [-0.3, -0.25) is 19.6 Å². The first kappa shape index (κ1) is 58.8. The number of hydrogen-bond acceptors (Lipinski definition) is 11. The fourth-order valence-electron chi connectivity index (χ4n) is 14.4. The zero-order chi connectivity index (χ0) is 61.9. The van der Waals surface area contributed by atoms with E-state index in [4.69, 9.17) is 33.7 Å². The van der Waals surface area contributed by atoms with Gasteiger partial charge < -0.3 is 48.6 Å². The molecule has 8 aromatic rings. The van der Waals surface area contributed by atoms with Gasteiger partial charge in [0.25, 0.3) is 11.8 Å². The van der Waals surface area contributed by atoms with Gasteiger partial charge in [-0.2, -0.15) is 0 Å². The van der Waals surface area contributed by atoms with Gasteiger partial charge in [-0.25, -0.2) is 9.59 Å². The smallest absolute Gasteiger partial charge is 0.337 e. The van der Waals surface area contributed by atoms with Crippen molar-refractivity contribution in [2.45, 2.75) is 141 Å². The van der Waals surface area contributed by atoms with Gasteiger partial charge in [0.1, 0.15) is 36.2 Å². The van der Waals surface area contributed by atoms with E-state index in [1.54, 1.807) is 38.5 Å². The molecule has 6 aromatic carbocycles. The number of esters is 1. The number of nitrogens with one attached hydrogen (secondary N) is 2. The lowest BCUT2D eigenvalue weighted by Crippen LogP contribution is -2.49. The zero-order valence-electron chi connectivity index (χ0n) is 51.8. The summed E-state index contributed by atoms with van der Waals surface area (Å²) in [5, 5.41) is 18.3. The van der Waals surface area contributed by atoms with Crippen LogP contribution < -0.4 is 29.6 Å². The lowest BCUT2D eigenvalue weighted by Gasteiger charge is -2.26. The monoisotopic (exact) mass is 1200 g/mol. The number of aliphatic imine (C=N–C) groups is 2. The quantitative estimate of drug-likeness (QED) is 0.0991. The molecule has 6 aliphatic rings. The van der Waals surface area contributed by atoms with Gasteiger partial charge in [-0.05, 0) is 172 Å². The molecule has 3 N–H and O–H groups in total. The van der Waals surface area contributed by atoms with Gasteiger partial charge in [-0.1, -0.05) is 50.7 Å². The highest BCUT2D eigenvalue weighted by molar-refractivity contribution is 6.09. The molecule has 0 atom stereocenters. The van der Waals surface area contributed by atoms with Gasteiger partial charge in [-0.15, -0.1) is 0 Å². The van der Waals surface area contributed by atoms with Gasteiger partial charge >= 0.3 is 11.9 Å². The Labute approximate surface area is 518 Å². The number of ether oxygens (including phenoxy) is 5. The Kier molecular flexibility index (Phi) is 15.7. The first-order valence-electron chi connectivity index (χ1n) is 31.3. The van der Waals surface area contributed by atoms with E-state index in [0.717, 1.165) is 91.9 Å². The summed E-state index contributed by atoms with van der Waals surface area (Å²) in [6, 6.07) is 34.7. The minimum absolute atomic E-state index is 0.152. The predicted molar refractivity (Wildman–Crippen MR) is 346 cm³/mol. The van der Waals surface area contributed by atoms with Crippen LogP contribution in [0.5, 0.6) is 23.0 Å². The molecule has 89 heavy (non-hydrogen) atoms. The van der Waals surface area contributed by atoms with Crippen molar-refractivity contribution in [3.8, 4) is 45.5 Å². The summed E-state index contributed by atoms with van der Waals surface area (Å²) in [4.78, 5) is 60.7. The Morgan fingerprint density at radius 1 is 0.528 bits per heavy atom. The maximum Gasteiger partial charge on any atom is 0.337 e. The molecule has 2 amide bonds. The summed E-state index contributed by atoms with van der Waals surface area (Å²) in [5.41, 5.74) is 14.9. The highest BCUT2D eigenvalue weighted by Crippen LogP contribution is 2.50. The molecular weight excluding hydrogens is 1120 g/mol. The molecule has 2 aromatic heterocycles. The van der Waals surface area contributed by atoms with Gasteiger partial charge in [0.2, 0.25) is 0 Å². The van der Waals surface area contributed by atoms with Crippen molar-refractivity contribution >= 4 is 68.4 Å². The normalized spacial score (nSPS) is 16.2. The van der Waals surface area contributed by atoms with Crippen molar-refractivity contribution in [3.63, 3.8) is 0 Å². The van der Waals surface area contributed by atoms with Crippen LogP contribution in [0.1, 0.15) is 167 Å². The maximum absolute atomic E-state index is 13.9. The molecule has 0 unspecified atom stereocenters. The molecule has 14 rings (SSSR count). The largest absolute Gasteiger partial charge is 0.497 e. The van der Waals surface area contributed by atoms with Crippen LogP contribution in [0.4, 0.5) is 11.4 Å². The Hall–Kier alpha value is -9.18. The van der Waals surface area contributed by atoms with Crippen LogP contribution in [-0.4, -0.2) is 95.0 Å². The standard InChI is InChI=1S/C37H39N3O5.C36H37N3O5/c1-37(2,32-20-25-18-24(36(42)44-4)11-15-29(25)38-32)39-35(41)23-10-13-27-30(19-23)40-16-17-45-31-21-26(43-3)12-14-28(31)34(40)33(27)22-8-6-5-7-9-22;1-36(2,31-19-24-17-23(35(41)42)10-14-28(24)37-31)38-34(40)22-9-12-26-29(18-22)39-15-16-44-30-20-25(43-3)11-13-27(30)33(39)32(26)21-7-5-4-6-8-21/h10-15,18-19,21-22H,5-9,16-17,20H2,1-4H3,(H,39,41);9-14,17-18,20-21H,4-8,15-16,19H2,1-3H3,(H,38,40)(H,41,42). The molecule has 2 fully saturated rings. The van der Waals surface area contributed by atoms with E-state index in [-0.39, 0.29) is 23.3 Å². The predicted octanol–water partition coefficient (Wildman–Crippen LogP) is 14.7. The average molecular weight is 1200 g/mol. The first-order valence-corrected chi connectivity index (χ1v) is 31.3. The number of carboxylic acid groups (broad SMARTS) is 1. The first-order chi connectivity index (χ1) is 43.0. The number of benzene rings is 6. The highest BCUT2D eigenvalue weighted by Gasteiger charge is 2.36. The molecule has 0 saturated heterocycles. The van der Waals surface area contributed by atoms with Gasteiger partial charge in [0, 0.05) is 80.5 Å². The van der Waals surface area contributed by atoms with E-state index in [1.165, 1.54) is 91.8 Å². The van der Waals surface area contributed by atoms with E-state index >= 15 is 0 Å². The second kappa shape index (κ2) is 23.7. The summed E-state index contributed by atoms with van der Waals surface area (Å²) in [5.74, 6) is 2.47. The number of fused-ring (bicyclic) bond motifs is 12. The number of hydrogen-bond donors (Lipinski definition) is 3. The minimum atomic E-state index is -0.964. The van der Waals surface area contributed by atoms with Crippen LogP contribution in [0.25, 0.3) is 44.3 Å². The number of methoxy groups -OCH3 is 3. The average Bonchev–Trinajstić information content (AvgIpc) is 1.62. The van der Waals surface area contributed by atoms with E-state index in [9.17, 15) is 24.3 Å².